The van der Waals surface area contributed by atoms with Gasteiger partial charge >= 0.3 is 0 Å². The third-order valence-corrected chi connectivity index (χ3v) is 7.70. The van der Waals surface area contributed by atoms with E-state index >= 15 is 0 Å². The zero-order chi connectivity index (χ0) is 25.7. The number of halogens is 1. The van der Waals surface area contributed by atoms with Crippen LogP contribution in [0.2, 0.25) is 0 Å². The van der Waals surface area contributed by atoms with Crippen molar-refractivity contribution in [1.29, 1.82) is 0 Å². The average Bonchev–Trinajstić information content (AvgIpc) is 3.26. The zero-order valence-corrected chi connectivity index (χ0v) is 21.2. The summed E-state index contributed by atoms with van der Waals surface area (Å²) in [6.45, 7) is 5.00. The third kappa shape index (κ3) is 6.34. The van der Waals surface area contributed by atoms with Crippen LogP contribution in [0.1, 0.15) is 11.1 Å². The minimum atomic E-state index is -3.81. The maximum atomic E-state index is 13.2. The highest BCUT2D eigenvalue weighted by atomic mass is 32.2. The number of fused-ring (bicyclic) bond motifs is 1. The normalized spacial score (nSPS) is 14.7. The molecule has 3 aromatic carbocycles. The Hall–Kier alpha value is -3.31. The number of imidazole rings is 1. The summed E-state index contributed by atoms with van der Waals surface area (Å²) in [4.78, 5) is 7.04. The zero-order valence-electron chi connectivity index (χ0n) is 20.3. The number of hydrogen-bond donors (Lipinski definition) is 1. The van der Waals surface area contributed by atoms with Crippen molar-refractivity contribution in [3.05, 3.63) is 89.7 Å². The molecule has 1 aliphatic heterocycles. The number of nitrogens with zero attached hydrogens (tertiary/aromatic N) is 3. The van der Waals surface area contributed by atoms with Crippen LogP contribution in [-0.4, -0.2) is 62.3 Å². The van der Waals surface area contributed by atoms with Crippen LogP contribution in [0.5, 0.6) is 6.01 Å². The molecule has 5 rings (SSSR count). The van der Waals surface area contributed by atoms with Crippen molar-refractivity contribution in [2.75, 3.05) is 39.5 Å². The van der Waals surface area contributed by atoms with Crippen LogP contribution in [0, 0.1) is 5.82 Å². The van der Waals surface area contributed by atoms with Crippen LogP contribution in [0.25, 0.3) is 11.0 Å². The number of nitrogens with one attached hydrogen (secondary N) is 1. The van der Waals surface area contributed by atoms with E-state index in [-0.39, 0.29) is 17.3 Å². The highest BCUT2D eigenvalue weighted by Gasteiger charge is 2.19. The predicted molar refractivity (Wildman–Crippen MR) is 138 cm³/mol. The summed E-state index contributed by atoms with van der Waals surface area (Å²) in [5.74, 6) is -0.369. The maximum absolute atomic E-state index is 13.2. The first kappa shape index (κ1) is 25.3. The van der Waals surface area contributed by atoms with Crippen LogP contribution < -0.4 is 9.46 Å². The molecule has 37 heavy (non-hydrogen) atoms. The Balaban J connectivity index is 1.37. The molecule has 0 amide bonds. The van der Waals surface area contributed by atoms with E-state index in [2.05, 4.69) is 14.6 Å². The molecule has 0 spiro atoms. The molecule has 4 aromatic rings. The van der Waals surface area contributed by atoms with E-state index in [1.165, 1.54) is 12.1 Å². The molecule has 0 aliphatic carbocycles. The molecule has 0 radical (unpaired) electrons. The summed E-state index contributed by atoms with van der Waals surface area (Å²) in [5.41, 5.74) is 3.05. The Morgan fingerprint density at radius 1 is 0.973 bits per heavy atom. The van der Waals surface area contributed by atoms with Gasteiger partial charge in [0.2, 0.25) is 10.0 Å². The van der Waals surface area contributed by atoms with E-state index in [4.69, 9.17) is 9.47 Å². The van der Waals surface area contributed by atoms with Crippen molar-refractivity contribution >= 4 is 21.1 Å². The van der Waals surface area contributed by atoms with Crippen LogP contribution in [0.4, 0.5) is 4.39 Å². The lowest BCUT2D eigenvalue weighted by molar-refractivity contribution is 0.0315. The fourth-order valence-corrected chi connectivity index (χ4v) is 5.28. The number of aromatic nitrogens is 2. The highest BCUT2D eigenvalue weighted by molar-refractivity contribution is 7.89. The monoisotopic (exact) mass is 524 g/mol. The van der Waals surface area contributed by atoms with E-state index in [9.17, 15) is 12.8 Å². The summed E-state index contributed by atoms with van der Waals surface area (Å²) < 4.78 is 55.2. The SMILES string of the molecule is O=S(=O)(NCc1ccc(F)cc1)c1ccc2c(c1)nc(OCCN1CCOCC1)n2Cc1ccccc1. The molecule has 1 fully saturated rings. The minimum absolute atomic E-state index is 0.0546. The van der Waals surface area contributed by atoms with Gasteiger partial charge in [-0.05, 0) is 41.5 Å². The maximum Gasteiger partial charge on any atom is 0.297 e. The van der Waals surface area contributed by atoms with Crippen molar-refractivity contribution in [2.45, 2.75) is 18.0 Å². The van der Waals surface area contributed by atoms with E-state index in [1.54, 1.807) is 30.3 Å². The van der Waals surface area contributed by atoms with Crippen LogP contribution in [0.15, 0.2) is 77.7 Å². The van der Waals surface area contributed by atoms with Gasteiger partial charge in [0.1, 0.15) is 12.4 Å². The number of ether oxygens (including phenoxy) is 2. The summed E-state index contributed by atoms with van der Waals surface area (Å²) in [6, 6.07) is 21.0. The van der Waals surface area contributed by atoms with Crippen LogP contribution in [0.3, 0.4) is 0 Å². The standard InChI is InChI=1S/C27H29FN4O4S/c28-23-8-6-21(7-9-23)19-29-37(33,34)24-10-11-26-25(18-24)30-27(32(26)20-22-4-2-1-3-5-22)36-17-14-31-12-15-35-16-13-31/h1-11,18,29H,12-17,19-20H2. The van der Waals surface area contributed by atoms with E-state index in [0.717, 1.165) is 43.9 Å². The largest absolute Gasteiger partial charge is 0.463 e. The molecule has 1 aliphatic rings. The van der Waals surface area contributed by atoms with E-state index < -0.39 is 10.0 Å². The van der Waals surface area contributed by atoms with Gasteiger partial charge in [0, 0.05) is 26.2 Å². The minimum Gasteiger partial charge on any atom is -0.463 e. The summed E-state index contributed by atoms with van der Waals surface area (Å²) >= 11 is 0. The van der Waals surface area contributed by atoms with E-state index in [1.807, 2.05) is 34.9 Å². The number of benzene rings is 3. The second-order valence-corrected chi connectivity index (χ2v) is 10.6. The van der Waals surface area contributed by atoms with Crippen LogP contribution in [-0.2, 0) is 27.8 Å². The molecule has 0 bridgehead atoms. The highest BCUT2D eigenvalue weighted by Crippen LogP contribution is 2.26. The Morgan fingerprint density at radius 2 is 1.73 bits per heavy atom. The number of rotatable bonds is 10. The lowest BCUT2D eigenvalue weighted by atomic mass is 10.2. The lowest BCUT2D eigenvalue weighted by Crippen LogP contribution is -2.38. The Bertz CT molecular complexity index is 1440. The summed E-state index contributed by atoms with van der Waals surface area (Å²) in [6.07, 6.45) is 0. The molecular formula is C27H29FN4O4S. The first-order valence-corrected chi connectivity index (χ1v) is 13.7. The molecule has 0 saturated carbocycles. The fraction of sp³-hybridized carbons (Fsp3) is 0.296. The van der Waals surface area contributed by atoms with Crippen molar-refractivity contribution in [3.8, 4) is 6.01 Å². The quantitative estimate of drug-likeness (QED) is 0.342. The van der Waals surface area contributed by atoms with Crippen molar-refractivity contribution < 1.29 is 22.3 Å². The Labute approximate surface area is 215 Å². The molecule has 0 atom stereocenters. The second kappa shape index (κ2) is 11.4. The molecule has 2 heterocycles. The van der Waals surface area contributed by atoms with Gasteiger partial charge in [-0.1, -0.05) is 42.5 Å². The van der Waals surface area contributed by atoms with Gasteiger partial charge < -0.3 is 9.47 Å². The van der Waals surface area contributed by atoms with Gasteiger partial charge in [0.15, 0.2) is 0 Å². The second-order valence-electron chi connectivity index (χ2n) is 8.87. The number of hydrogen-bond acceptors (Lipinski definition) is 6. The summed E-state index contributed by atoms with van der Waals surface area (Å²) in [7, 11) is -3.81. The molecular weight excluding hydrogens is 495 g/mol. The topological polar surface area (TPSA) is 85.7 Å². The van der Waals surface area contributed by atoms with Gasteiger partial charge in [0.05, 0.1) is 35.7 Å². The Kier molecular flexibility index (Phi) is 7.80. The molecule has 10 heteroatoms. The van der Waals surface area contributed by atoms with E-state index in [0.29, 0.717) is 30.2 Å². The smallest absolute Gasteiger partial charge is 0.297 e. The van der Waals surface area contributed by atoms with Crippen LogP contribution >= 0.6 is 0 Å². The van der Waals surface area contributed by atoms with Crippen molar-refractivity contribution in [2.24, 2.45) is 0 Å². The molecule has 194 valence electrons. The summed E-state index contributed by atoms with van der Waals surface area (Å²) in [5, 5.41) is 0. The first-order chi connectivity index (χ1) is 18.0. The van der Waals surface area contributed by atoms with Crippen molar-refractivity contribution in [3.63, 3.8) is 0 Å². The molecule has 8 nitrogen and oxygen atoms in total. The molecule has 1 aromatic heterocycles. The third-order valence-electron chi connectivity index (χ3n) is 6.30. The van der Waals surface area contributed by atoms with Crippen molar-refractivity contribution in [1.82, 2.24) is 19.2 Å². The molecule has 0 unspecified atom stereocenters. The average molecular weight is 525 g/mol. The van der Waals surface area contributed by atoms with Gasteiger partial charge in [-0.3, -0.25) is 9.47 Å². The van der Waals surface area contributed by atoms with Gasteiger partial charge in [-0.2, -0.15) is 4.98 Å². The Morgan fingerprint density at radius 3 is 2.49 bits per heavy atom. The van der Waals surface area contributed by atoms with Gasteiger partial charge in [-0.15, -0.1) is 0 Å². The lowest BCUT2D eigenvalue weighted by Gasteiger charge is -2.26. The first-order valence-electron chi connectivity index (χ1n) is 12.2. The van der Waals surface area contributed by atoms with Gasteiger partial charge in [-0.25, -0.2) is 17.5 Å². The molecule has 1 saturated heterocycles. The predicted octanol–water partition coefficient (Wildman–Crippen LogP) is 3.41. The fourth-order valence-electron chi connectivity index (χ4n) is 4.24. The van der Waals surface area contributed by atoms with Gasteiger partial charge in [0.25, 0.3) is 6.01 Å². The molecule has 1 N–H and O–H groups in total. The number of sulfonamides is 1. The number of morpholine rings is 1.